The van der Waals surface area contributed by atoms with Crippen LogP contribution in [0, 0.1) is 33.5 Å². The van der Waals surface area contributed by atoms with E-state index in [0.717, 1.165) is 28.3 Å². The number of hydrogen-bond acceptors (Lipinski definition) is 3. The lowest BCUT2D eigenvalue weighted by atomic mass is 9.96. The quantitative estimate of drug-likeness (QED) is 0.271. The predicted molar refractivity (Wildman–Crippen MR) is 157 cm³/mol. The van der Waals surface area contributed by atoms with Crippen LogP contribution < -0.4 is 10.6 Å². The van der Waals surface area contributed by atoms with Crippen LogP contribution in [0.15, 0.2) is 72.9 Å². The number of pyridine rings is 1. The average molecular weight is 542 g/mol. The highest BCUT2D eigenvalue weighted by Crippen LogP contribution is 2.41. The number of carbonyl (C=O) groups is 1. The van der Waals surface area contributed by atoms with E-state index < -0.39 is 0 Å². The maximum absolute atomic E-state index is 13.3. The number of halogens is 1. The van der Waals surface area contributed by atoms with Gasteiger partial charge in [-0.3, -0.25) is 9.78 Å². The van der Waals surface area contributed by atoms with Crippen LogP contribution in [0.4, 0.5) is 10.1 Å². The van der Waals surface area contributed by atoms with Crippen molar-refractivity contribution in [1.29, 1.82) is 0 Å². The Morgan fingerprint density at radius 1 is 1.03 bits per heavy atom. The second-order valence-corrected chi connectivity index (χ2v) is 10.5. The molecule has 2 N–H and O–H groups in total. The van der Waals surface area contributed by atoms with Gasteiger partial charge in [0.2, 0.25) is 5.91 Å². The van der Waals surface area contributed by atoms with Gasteiger partial charge < -0.3 is 20.1 Å². The van der Waals surface area contributed by atoms with Crippen LogP contribution in [0.2, 0.25) is 0 Å². The van der Waals surface area contributed by atoms with Gasteiger partial charge in [-0.25, -0.2) is 4.39 Å². The van der Waals surface area contributed by atoms with E-state index in [0.29, 0.717) is 17.3 Å². The molecule has 1 aliphatic heterocycles. The summed E-state index contributed by atoms with van der Waals surface area (Å²) in [5, 5.41) is 6.91. The van der Waals surface area contributed by atoms with Crippen LogP contribution in [-0.4, -0.2) is 32.0 Å². The number of aromatic nitrogens is 2. The van der Waals surface area contributed by atoms with Crippen molar-refractivity contribution in [3.63, 3.8) is 0 Å². The highest BCUT2D eigenvalue weighted by Gasteiger charge is 2.41. The Morgan fingerprint density at radius 2 is 1.74 bits per heavy atom. The van der Waals surface area contributed by atoms with E-state index in [-0.39, 0.29) is 30.2 Å². The molecule has 39 heavy (non-hydrogen) atoms. The number of hydrogen-bond donors (Lipinski definition) is 2. The third kappa shape index (κ3) is 5.56. The molecule has 1 aliphatic rings. The Kier molecular flexibility index (Phi) is 7.48. The van der Waals surface area contributed by atoms with Crippen LogP contribution in [0.25, 0.3) is 5.69 Å². The van der Waals surface area contributed by atoms with Crippen LogP contribution in [-0.2, 0) is 4.79 Å². The Bertz CT molecular complexity index is 1500. The molecule has 1 saturated heterocycles. The molecule has 2 aromatic carbocycles. The molecule has 1 fully saturated rings. The topological polar surface area (TPSA) is 62.2 Å². The largest absolute Gasteiger partial charge is 0.352 e. The molecule has 3 heterocycles. The number of nitrogens with one attached hydrogen (secondary N) is 2. The van der Waals surface area contributed by atoms with Crippen molar-refractivity contribution in [2.24, 2.45) is 0 Å². The Labute approximate surface area is 233 Å². The summed E-state index contributed by atoms with van der Waals surface area (Å²) >= 11 is 5.81. The molecule has 0 unspecified atom stereocenters. The summed E-state index contributed by atoms with van der Waals surface area (Å²) in [6, 6.07) is 20.1. The molecule has 0 spiro atoms. The van der Waals surface area contributed by atoms with E-state index in [9.17, 15) is 9.18 Å². The van der Waals surface area contributed by atoms with Gasteiger partial charge in [-0.2, -0.15) is 0 Å². The highest BCUT2D eigenvalue weighted by atomic mass is 32.1. The molecular formula is C31H32FN5OS. The zero-order chi connectivity index (χ0) is 27.7. The number of thiocarbonyl (C=S) groups is 1. The minimum atomic E-state index is -0.344. The molecule has 8 heteroatoms. The number of anilines is 1. The molecule has 0 radical (unpaired) electrons. The molecule has 5 rings (SSSR count). The molecule has 1 amide bonds. The van der Waals surface area contributed by atoms with E-state index in [1.54, 1.807) is 18.3 Å². The van der Waals surface area contributed by atoms with Crippen molar-refractivity contribution in [1.82, 2.24) is 19.8 Å². The highest BCUT2D eigenvalue weighted by molar-refractivity contribution is 7.80. The Morgan fingerprint density at radius 3 is 2.41 bits per heavy atom. The van der Waals surface area contributed by atoms with Crippen molar-refractivity contribution < 1.29 is 9.18 Å². The lowest BCUT2D eigenvalue weighted by molar-refractivity contribution is -0.116. The zero-order valence-electron chi connectivity index (χ0n) is 22.5. The number of carbonyl (C=O) groups excluding carboxylic acids is 1. The maximum Gasteiger partial charge on any atom is 0.226 e. The van der Waals surface area contributed by atoms with Gasteiger partial charge >= 0.3 is 0 Å². The summed E-state index contributed by atoms with van der Waals surface area (Å²) in [5.41, 5.74) is 8.37. The van der Waals surface area contributed by atoms with Gasteiger partial charge in [0.25, 0.3) is 0 Å². The molecule has 200 valence electrons. The van der Waals surface area contributed by atoms with Crippen LogP contribution >= 0.6 is 12.2 Å². The van der Waals surface area contributed by atoms with Gasteiger partial charge in [0, 0.05) is 41.9 Å². The second-order valence-electron chi connectivity index (χ2n) is 10.1. The molecule has 0 saturated carbocycles. The van der Waals surface area contributed by atoms with E-state index in [4.69, 9.17) is 12.2 Å². The third-order valence-electron chi connectivity index (χ3n) is 7.16. The smallest absolute Gasteiger partial charge is 0.226 e. The second kappa shape index (κ2) is 11.0. The number of rotatable bonds is 7. The average Bonchev–Trinajstić information content (AvgIpc) is 3.38. The number of amides is 1. The van der Waals surface area contributed by atoms with Crippen molar-refractivity contribution >= 4 is 28.9 Å². The molecule has 0 bridgehead atoms. The number of nitrogens with zero attached hydrogens (tertiary/aromatic N) is 3. The van der Waals surface area contributed by atoms with Gasteiger partial charge in [0.15, 0.2) is 5.11 Å². The molecule has 0 aliphatic carbocycles. The fourth-order valence-corrected chi connectivity index (χ4v) is 5.86. The Hall–Kier alpha value is -4.04. The fraction of sp³-hybridized carbons (Fsp3) is 0.258. The molecular weight excluding hydrogens is 509 g/mol. The monoisotopic (exact) mass is 541 g/mol. The van der Waals surface area contributed by atoms with Crippen molar-refractivity contribution in [2.45, 2.75) is 46.2 Å². The number of benzene rings is 2. The number of aryl methyl sites for hydroxylation is 3. The standard InChI is InChI=1S/C31H32FN5OS/c1-19-15-20(2)17-25(16-19)37-21(3)18-26(22(37)4)30-29(27-7-5-6-13-33-27)35-31(39)36(30)14-12-28(38)34-24-10-8-23(32)9-11-24/h5-11,13,15-18,29-30H,12,14H2,1-4H3,(H,34,38)(H,35,39)/t29-,30-/m1/s1. The first-order valence-corrected chi connectivity index (χ1v) is 13.4. The first-order valence-electron chi connectivity index (χ1n) is 13.0. The van der Waals surface area contributed by atoms with Gasteiger partial charge in [-0.1, -0.05) is 12.1 Å². The zero-order valence-corrected chi connectivity index (χ0v) is 23.3. The minimum absolute atomic E-state index is 0.156. The van der Waals surface area contributed by atoms with E-state index in [1.807, 2.05) is 18.2 Å². The first-order chi connectivity index (χ1) is 18.7. The summed E-state index contributed by atoms with van der Waals surface area (Å²) in [7, 11) is 0. The van der Waals surface area contributed by atoms with Crippen molar-refractivity contribution in [2.75, 3.05) is 11.9 Å². The lowest BCUT2D eigenvalue weighted by Gasteiger charge is -2.28. The van der Waals surface area contributed by atoms with Gasteiger partial charge in [0.05, 0.1) is 17.8 Å². The molecule has 6 nitrogen and oxygen atoms in total. The van der Waals surface area contributed by atoms with E-state index >= 15 is 0 Å². The van der Waals surface area contributed by atoms with Crippen molar-refractivity contribution in [3.8, 4) is 5.69 Å². The van der Waals surface area contributed by atoms with E-state index in [2.05, 4.69) is 77.0 Å². The summed E-state index contributed by atoms with van der Waals surface area (Å²) in [6.45, 7) is 8.89. The summed E-state index contributed by atoms with van der Waals surface area (Å²) in [6.07, 6.45) is 2.01. The Balaban J connectivity index is 1.48. The predicted octanol–water partition coefficient (Wildman–Crippen LogP) is 6.25. The summed E-state index contributed by atoms with van der Waals surface area (Å²) in [4.78, 5) is 19.5. The normalized spacial score (nSPS) is 16.8. The molecule has 2 aromatic heterocycles. The van der Waals surface area contributed by atoms with Gasteiger partial charge in [-0.15, -0.1) is 0 Å². The molecule has 4 aromatic rings. The molecule has 2 atom stereocenters. The fourth-order valence-electron chi connectivity index (χ4n) is 5.53. The van der Waals surface area contributed by atoms with Gasteiger partial charge in [0.1, 0.15) is 5.82 Å². The first kappa shape index (κ1) is 26.6. The lowest BCUT2D eigenvalue weighted by Crippen LogP contribution is -2.32. The van der Waals surface area contributed by atoms with E-state index in [1.165, 1.54) is 23.3 Å². The maximum atomic E-state index is 13.3. The SMILES string of the molecule is Cc1cc(C)cc(-n2c(C)cc([C@@H]3[C@@H](c4ccccn4)NC(=S)N3CCC(=O)Nc3ccc(F)cc3)c2C)c1. The summed E-state index contributed by atoms with van der Waals surface area (Å²) in [5.74, 6) is -0.506. The van der Waals surface area contributed by atoms with Crippen LogP contribution in [0.5, 0.6) is 0 Å². The minimum Gasteiger partial charge on any atom is -0.352 e. The van der Waals surface area contributed by atoms with Crippen LogP contribution in [0.1, 0.15) is 52.3 Å². The van der Waals surface area contributed by atoms with Gasteiger partial charge in [-0.05, 0) is 111 Å². The third-order valence-corrected chi connectivity index (χ3v) is 7.51. The summed E-state index contributed by atoms with van der Waals surface area (Å²) < 4.78 is 15.5. The van der Waals surface area contributed by atoms with Crippen molar-refractivity contribution in [3.05, 3.63) is 113 Å². The van der Waals surface area contributed by atoms with Crippen LogP contribution in [0.3, 0.4) is 0 Å².